The van der Waals surface area contributed by atoms with Gasteiger partial charge in [0.05, 0.1) is 31.5 Å². The maximum atomic E-state index is 12.7. The van der Waals surface area contributed by atoms with Crippen molar-refractivity contribution in [1.82, 2.24) is 0 Å². The van der Waals surface area contributed by atoms with Crippen LogP contribution in [-0.2, 0) is 45.5 Å². The number of hydrogen-bond donors (Lipinski definition) is 5. The normalized spacial score (nSPS) is 15.1. The van der Waals surface area contributed by atoms with E-state index in [1.165, 1.54) is 73.7 Å². The summed E-state index contributed by atoms with van der Waals surface area (Å²) in [6.45, 7) is 7.54. The lowest BCUT2D eigenvalue weighted by Crippen LogP contribution is -2.30. The van der Waals surface area contributed by atoms with E-state index in [-0.39, 0.29) is 45.4 Å². The molecule has 1 aromatic heterocycles. The highest BCUT2D eigenvalue weighted by atomic mass is 31.2. The van der Waals surface area contributed by atoms with Gasteiger partial charge in [0, 0.05) is 32.2 Å². The number of carbonyl (C=O) groups is 2. The van der Waals surface area contributed by atoms with Gasteiger partial charge in [-0.15, -0.1) is 0 Å². The van der Waals surface area contributed by atoms with Crippen LogP contribution in [0, 0.1) is 13.8 Å². The van der Waals surface area contributed by atoms with Crippen molar-refractivity contribution in [1.29, 1.82) is 0 Å². The standard InChI is InChI=1S/C49H84NO12P/c1-5-7-21-28-42(51)29-23-17-15-16-18-24-30-44(52)45(53)31-27-35-49(55)61-43(39-60-63(56,57)59-37-36-50)38-58-48(54)34-26-20-14-12-10-9-11-13-19-25-33-47-41(4)40(3)46(62-47)32-22-8-6-2/h15-18,23-24,29-30,42-45,51-53H,5-14,19-22,25-28,31-39,50H2,1-4H3,(H,56,57)/b17-15-,18-16+,29-23+,30-24+/t42-,43+,44-,45-/m0/s1. The molecule has 0 fully saturated rings. The van der Waals surface area contributed by atoms with Crippen LogP contribution in [0.1, 0.15) is 171 Å². The van der Waals surface area contributed by atoms with Gasteiger partial charge in [0.1, 0.15) is 18.1 Å². The summed E-state index contributed by atoms with van der Waals surface area (Å²) >= 11 is 0. The fourth-order valence-electron chi connectivity index (χ4n) is 6.78. The number of aryl methyl sites for hydroxylation is 2. The molecule has 14 heteroatoms. The average molecular weight is 910 g/mol. The molecule has 63 heavy (non-hydrogen) atoms. The number of unbranched alkanes of at least 4 members (excludes halogenated alkanes) is 13. The number of phosphoric ester groups is 1. The number of ether oxygens (including phenoxy) is 2. The number of aliphatic hydroxyl groups excluding tert-OH is 3. The summed E-state index contributed by atoms with van der Waals surface area (Å²) in [5.41, 5.74) is 8.00. The van der Waals surface area contributed by atoms with E-state index in [2.05, 4.69) is 27.7 Å². The molecule has 1 unspecified atom stereocenters. The lowest BCUT2D eigenvalue weighted by atomic mass is 10.0. The van der Waals surface area contributed by atoms with E-state index in [0.717, 1.165) is 70.6 Å². The molecule has 1 aromatic rings. The van der Waals surface area contributed by atoms with Crippen molar-refractivity contribution in [3.05, 3.63) is 71.3 Å². The van der Waals surface area contributed by atoms with Gasteiger partial charge in [0.2, 0.25) is 0 Å². The van der Waals surface area contributed by atoms with E-state index in [4.69, 9.17) is 28.7 Å². The molecule has 0 spiro atoms. The van der Waals surface area contributed by atoms with E-state index in [9.17, 15) is 34.4 Å². The minimum Gasteiger partial charge on any atom is -0.466 e. The van der Waals surface area contributed by atoms with Crippen LogP contribution in [0.5, 0.6) is 0 Å². The molecule has 0 aromatic carbocycles. The summed E-state index contributed by atoms with van der Waals surface area (Å²) in [6.07, 6.45) is 30.4. The predicted molar refractivity (Wildman–Crippen MR) is 250 cm³/mol. The molecule has 0 aliphatic rings. The van der Waals surface area contributed by atoms with Crippen molar-refractivity contribution < 1.29 is 57.3 Å². The first kappa shape index (κ1) is 58.1. The number of esters is 2. The molecule has 6 N–H and O–H groups in total. The fourth-order valence-corrected chi connectivity index (χ4v) is 7.55. The Morgan fingerprint density at radius 2 is 1.17 bits per heavy atom. The Morgan fingerprint density at radius 3 is 1.78 bits per heavy atom. The van der Waals surface area contributed by atoms with Crippen molar-refractivity contribution in [2.24, 2.45) is 5.73 Å². The molecular formula is C49H84NO12P. The number of phosphoric acid groups is 1. The van der Waals surface area contributed by atoms with Crippen molar-refractivity contribution in [3.8, 4) is 0 Å². The van der Waals surface area contributed by atoms with E-state index < -0.39 is 50.8 Å². The van der Waals surface area contributed by atoms with Crippen molar-refractivity contribution in [2.75, 3.05) is 26.4 Å². The van der Waals surface area contributed by atoms with E-state index in [1.54, 1.807) is 42.5 Å². The molecule has 0 aliphatic heterocycles. The average Bonchev–Trinajstić information content (AvgIpc) is 3.52. The summed E-state index contributed by atoms with van der Waals surface area (Å²) in [5, 5.41) is 30.6. The van der Waals surface area contributed by atoms with Crippen LogP contribution in [0.2, 0.25) is 0 Å². The summed E-state index contributed by atoms with van der Waals surface area (Å²) in [6, 6.07) is 0. The molecule has 362 valence electrons. The minimum absolute atomic E-state index is 0.00875. The second-order valence-electron chi connectivity index (χ2n) is 16.4. The zero-order valence-corrected chi connectivity index (χ0v) is 40.0. The van der Waals surface area contributed by atoms with Crippen LogP contribution in [0.15, 0.2) is 53.0 Å². The van der Waals surface area contributed by atoms with Gasteiger partial charge in [-0.05, 0) is 63.5 Å². The van der Waals surface area contributed by atoms with E-state index >= 15 is 0 Å². The first-order valence-electron chi connectivity index (χ1n) is 23.8. The molecular weight excluding hydrogens is 826 g/mol. The monoisotopic (exact) mass is 910 g/mol. The van der Waals surface area contributed by atoms with Crippen LogP contribution in [0.4, 0.5) is 0 Å². The van der Waals surface area contributed by atoms with Crippen molar-refractivity contribution in [3.63, 3.8) is 0 Å². The van der Waals surface area contributed by atoms with Crippen LogP contribution in [0.25, 0.3) is 0 Å². The quantitative estimate of drug-likeness (QED) is 0.0180. The van der Waals surface area contributed by atoms with Gasteiger partial charge in [0.15, 0.2) is 6.10 Å². The Hall–Kier alpha value is -2.87. The van der Waals surface area contributed by atoms with Gasteiger partial charge in [-0.25, -0.2) is 4.57 Å². The molecule has 0 bridgehead atoms. The minimum atomic E-state index is -4.49. The van der Waals surface area contributed by atoms with Crippen molar-refractivity contribution in [2.45, 2.75) is 200 Å². The molecule has 0 radical (unpaired) electrons. The summed E-state index contributed by atoms with van der Waals surface area (Å²) in [4.78, 5) is 35.1. The molecule has 13 nitrogen and oxygen atoms in total. The highest BCUT2D eigenvalue weighted by Crippen LogP contribution is 2.43. The van der Waals surface area contributed by atoms with Crippen LogP contribution < -0.4 is 5.73 Å². The van der Waals surface area contributed by atoms with Crippen molar-refractivity contribution >= 4 is 19.8 Å². The Balaban J connectivity index is 2.35. The van der Waals surface area contributed by atoms with E-state index in [1.807, 2.05) is 0 Å². The van der Waals surface area contributed by atoms with Gasteiger partial charge in [0.25, 0.3) is 0 Å². The highest BCUT2D eigenvalue weighted by molar-refractivity contribution is 7.47. The van der Waals surface area contributed by atoms with Gasteiger partial charge in [-0.1, -0.05) is 146 Å². The number of hydrogen-bond acceptors (Lipinski definition) is 12. The second kappa shape index (κ2) is 37.4. The molecule has 5 atom stereocenters. The smallest absolute Gasteiger partial charge is 0.466 e. The number of aliphatic hydroxyl groups is 3. The maximum absolute atomic E-state index is 12.7. The lowest BCUT2D eigenvalue weighted by Gasteiger charge is -2.20. The first-order valence-corrected chi connectivity index (χ1v) is 25.3. The van der Waals surface area contributed by atoms with Crippen LogP contribution in [0.3, 0.4) is 0 Å². The maximum Gasteiger partial charge on any atom is 0.472 e. The molecule has 1 rings (SSSR count). The third-order valence-corrected chi connectivity index (χ3v) is 11.8. The predicted octanol–water partition coefficient (Wildman–Crippen LogP) is 10.1. The van der Waals surface area contributed by atoms with Gasteiger partial charge in [-0.2, -0.15) is 0 Å². The molecule has 0 aliphatic carbocycles. The largest absolute Gasteiger partial charge is 0.472 e. The summed E-state index contributed by atoms with van der Waals surface area (Å²) < 4.78 is 38.9. The number of allylic oxidation sites excluding steroid dienone is 6. The molecule has 0 saturated carbocycles. The number of furan rings is 1. The first-order chi connectivity index (χ1) is 30.3. The van der Waals surface area contributed by atoms with Gasteiger partial charge >= 0.3 is 19.8 Å². The third-order valence-electron chi connectivity index (χ3n) is 10.8. The molecule has 0 amide bonds. The zero-order chi connectivity index (χ0) is 46.6. The number of rotatable bonds is 40. The van der Waals surface area contributed by atoms with E-state index in [0.29, 0.717) is 6.42 Å². The summed E-state index contributed by atoms with van der Waals surface area (Å²) in [5.74, 6) is 1.16. The summed E-state index contributed by atoms with van der Waals surface area (Å²) in [7, 11) is -4.49. The Bertz CT molecular complexity index is 1500. The molecule has 0 saturated heterocycles. The lowest BCUT2D eigenvalue weighted by molar-refractivity contribution is -0.161. The fraction of sp³-hybridized carbons (Fsp3) is 0.714. The zero-order valence-electron chi connectivity index (χ0n) is 39.1. The molecule has 1 heterocycles. The number of nitrogens with two attached hydrogens (primary N) is 1. The van der Waals surface area contributed by atoms with Crippen LogP contribution in [-0.4, -0.2) is 82.9 Å². The SMILES string of the molecule is CCCCCc1oc(CCCCCCCCCCCCC(=O)OC[C@H](COP(=O)(O)OCCN)OC(=O)CCC[C@H](O)[C@@H](O)/C=C/C=C/C=C\C=C\[C@@H](O)CCCCC)c(C)c1C. The second-order valence-corrected chi connectivity index (χ2v) is 17.9. The third kappa shape index (κ3) is 30.8. The van der Waals surface area contributed by atoms with Crippen LogP contribution >= 0.6 is 7.82 Å². The Labute approximate surface area is 379 Å². The Morgan fingerprint density at radius 1 is 0.651 bits per heavy atom. The van der Waals surface area contributed by atoms with Gasteiger partial charge < -0.3 is 39.8 Å². The topological polar surface area (TPSA) is 208 Å². The number of carbonyl (C=O) groups excluding carboxylic acids is 2. The highest BCUT2D eigenvalue weighted by Gasteiger charge is 2.26. The Kier molecular flexibility index (Phi) is 34.5. The van der Waals surface area contributed by atoms with Gasteiger partial charge in [-0.3, -0.25) is 18.6 Å².